The van der Waals surface area contributed by atoms with Gasteiger partial charge >= 0.3 is 0 Å². The van der Waals surface area contributed by atoms with E-state index < -0.39 is 26.9 Å². The molecule has 0 aromatic carbocycles. The van der Waals surface area contributed by atoms with E-state index in [-0.39, 0.29) is 29.0 Å². The van der Waals surface area contributed by atoms with Gasteiger partial charge in [0.25, 0.3) is 11.1 Å². The van der Waals surface area contributed by atoms with Gasteiger partial charge in [0.2, 0.25) is 5.91 Å². The zero-order chi connectivity index (χ0) is 18.9. The van der Waals surface area contributed by atoms with E-state index in [1.165, 1.54) is 16.2 Å². The van der Waals surface area contributed by atoms with E-state index in [2.05, 4.69) is 0 Å². The summed E-state index contributed by atoms with van der Waals surface area (Å²) in [6.07, 6.45) is 2.03. The summed E-state index contributed by atoms with van der Waals surface area (Å²) in [5.74, 6) is -0.898. The third-order valence-electron chi connectivity index (χ3n) is 4.29. The predicted octanol–water partition coefficient (Wildman–Crippen LogP) is 1.82. The fourth-order valence-electron chi connectivity index (χ4n) is 3.02. The average Bonchev–Trinajstić information content (AvgIpc) is 3.26. The molecule has 2 saturated heterocycles. The van der Waals surface area contributed by atoms with Gasteiger partial charge in [0, 0.05) is 17.5 Å². The molecule has 1 atom stereocenters. The number of thiophene rings is 1. The lowest BCUT2D eigenvalue weighted by atomic mass is 10.2. The maximum atomic E-state index is 12.6. The summed E-state index contributed by atoms with van der Waals surface area (Å²) >= 11 is 2.26. The molecule has 0 saturated carbocycles. The maximum Gasteiger partial charge on any atom is 0.294 e. The monoisotopic (exact) mass is 414 g/mol. The lowest BCUT2D eigenvalue weighted by Gasteiger charge is -2.28. The molecule has 0 bridgehead atoms. The lowest BCUT2D eigenvalue weighted by Crippen LogP contribution is -2.47. The van der Waals surface area contributed by atoms with Crippen molar-refractivity contribution < 1.29 is 22.8 Å². The van der Waals surface area contributed by atoms with Gasteiger partial charge in [-0.15, -0.1) is 11.3 Å². The largest absolute Gasteiger partial charge is 0.337 e. The van der Waals surface area contributed by atoms with E-state index >= 15 is 0 Å². The van der Waals surface area contributed by atoms with Crippen molar-refractivity contribution in [1.29, 1.82) is 0 Å². The molecule has 1 aromatic heterocycles. The van der Waals surface area contributed by atoms with Gasteiger partial charge in [0.05, 0.1) is 16.4 Å². The first-order valence-electron chi connectivity index (χ1n) is 8.09. The molecule has 2 aliphatic rings. The summed E-state index contributed by atoms with van der Waals surface area (Å²) < 4.78 is 23.3. The van der Waals surface area contributed by atoms with Crippen LogP contribution in [0.25, 0.3) is 6.08 Å². The number of rotatable bonds is 5. The van der Waals surface area contributed by atoms with Gasteiger partial charge in [-0.1, -0.05) is 6.07 Å². The highest BCUT2D eigenvalue weighted by Gasteiger charge is 2.39. The molecule has 3 heterocycles. The van der Waals surface area contributed by atoms with E-state index in [0.717, 1.165) is 21.5 Å². The number of likely N-dealkylation sites (N-methyl/N-ethyl adjacent to an activating group) is 1. The highest BCUT2D eigenvalue weighted by atomic mass is 32.2. The van der Waals surface area contributed by atoms with Crippen LogP contribution in [0.15, 0.2) is 22.4 Å². The van der Waals surface area contributed by atoms with Crippen LogP contribution in [-0.4, -0.2) is 65.9 Å². The summed E-state index contributed by atoms with van der Waals surface area (Å²) in [6.45, 7) is 1.73. The Morgan fingerprint density at radius 1 is 1.42 bits per heavy atom. The van der Waals surface area contributed by atoms with Crippen molar-refractivity contribution in [3.8, 4) is 0 Å². The number of thioether (sulfide) groups is 1. The molecule has 3 amide bonds. The van der Waals surface area contributed by atoms with Crippen LogP contribution in [0.1, 0.15) is 18.2 Å². The van der Waals surface area contributed by atoms with Gasteiger partial charge in [0.15, 0.2) is 9.84 Å². The summed E-state index contributed by atoms with van der Waals surface area (Å²) in [5, 5.41) is 1.38. The third-order valence-corrected chi connectivity index (χ3v) is 7.77. The molecule has 2 fully saturated rings. The van der Waals surface area contributed by atoms with Crippen LogP contribution in [0.5, 0.6) is 0 Å². The first-order chi connectivity index (χ1) is 12.3. The van der Waals surface area contributed by atoms with Crippen molar-refractivity contribution in [2.45, 2.75) is 19.4 Å². The van der Waals surface area contributed by atoms with Crippen molar-refractivity contribution in [2.75, 3.05) is 24.6 Å². The van der Waals surface area contributed by atoms with Gasteiger partial charge in [-0.25, -0.2) is 8.42 Å². The Bertz CT molecular complexity index is 860. The molecule has 140 valence electrons. The number of carbonyl (C=O) groups excluding carboxylic acids is 3. The van der Waals surface area contributed by atoms with E-state index in [0.29, 0.717) is 13.0 Å². The maximum absolute atomic E-state index is 12.6. The summed E-state index contributed by atoms with van der Waals surface area (Å²) in [5.41, 5.74) is 0. The smallest absolute Gasteiger partial charge is 0.294 e. The highest BCUT2D eigenvalue weighted by molar-refractivity contribution is 8.18. The van der Waals surface area contributed by atoms with Crippen LogP contribution in [-0.2, 0) is 19.4 Å². The third kappa shape index (κ3) is 4.02. The van der Waals surface area contributed by atoms with Crippen LogP contribution in [0.4, 0.5) is 4.79 Å². The minimum absolute atomic E-state index is 0.0621. The second-order valence-electron chi connectivity index (χ2n) is 6.02. The molecule has 0 unspecified atom stereocenters. The molecular weight excluding hydrogens is 396 g/mol. The molecular formula is C16H18N2O5S3. The second kappa shape index (κ2) is 7.53. The normalized spacial score (nSPS) is 23.8. The number of hydrogen-bond acceptors (Lipinski definition) is 7. The number of sulfone groups is 1. The molecule has 2 aliphatic heterocycles. The number of nitrogens with zero attached hydrogens (tertiary/aromatic N) is 2. The summed E-state index contributed by atoms with van der Waals surface area (Å²) in [6, 6.07) is 3.29. The number of carbonyl (C=O) groups is 3. The van der Waals surface area contributed by atoms with E-state index in [1.807, 2.05) is 17.5 Å². The molecule has 7 nitrogen and oxygen atoms in total. The van der Waals surface area contributed by atoms with Crippen molar-refractivity contribution in [3.63, 3.8) is 0 Å². The quantitative estimate of drug-likeness (QED) is 0.683. The molecule has 3 rings (SSSR count). The average molecular weight is 415 g/mol. The molecule has 0 radical (unpaired) electrons. The first-order valence-corrected chi connectivity index (χ1v) is 11.6. The molecule has 0 N–H and O–H groups in total. The number of amides is 3. The van der Waals surface area contributed by atoms with Crippen molar-refractivity contribution in [2.24, 2.45) is 0 Å². The van der Waals surface area contributed by atoms with Crippen LogP contribution in [0.2, 0.25) is 0 Å². The minimum Gasteiger partial charge on any atom is -0.337 e. The summed E-state index contributed by atoms with van der Waals surface area (Å²) in [4.78, 5) is 40.8. The van der Waals surface area contributed by atoms with Gasteiger partial charge in [-0.3, -0.25) is 19.3 Å². The molecule has 0 spiro atoms. The molecule has 10 heteroatoms. The Balaban J connectivity index is 1.70. The molecule has 0 aliphatic carbocycles. The Hall–Kier alpha value is -1.65. The zero-order valence-corrected chi connectivity index (χ0v) is 16.5. The van der Waals surface area contributed by atoms with E-state index in [1.54, 1.807) is 13.0 Å². The molecule has 26 heavy (non-hydrogen) atoms. The Kier molecular flexibility index (Phi) is 5.54. The fourth-order valence-corrected chi connectivity index (χ4v) is 6.32. The van der Waals surface area contributed by atoms with Crippen LogP contribution in [0.3, 0.4) is 0 Å². The molecule has 1 aromatic rings. The SMILES string of the molecule is CCN(C(=O)CN1C(=O)S/C(=C/c2cccs2)C1=O)[C@@H]1CCS(=O)(=O)C1. The predicted molar refractivity (Wildman–Crippen MR) is 101 cm³/mol. The van der Waals surface area contributed by atoms with Crippen molar-refractivity contribution >= 4 is 56.1 Å². The zero-order valence-electron chi connectivity index (χ0n) is 14.1. The second-order valence-corrected chi connectivity index (χ2v) is 10.2. The van der Waals surface area contributed by atoms with Crippen molar-refractivity contribution in [1.82, 2.24) is 9.80 Å². The number of imide groups is 1. The number of hydrogen-bond donors (Lipinski definition) is 0. The minimum atomic E-state index is -3.12. The summed E-state index contributed by atoms with van der Waals surface area (Å²) in [7, 11) is -3.12. The van der Waals surface area contributed by atoms with Crippen LogP contribution in [0, 0.1) is 0 Å². The van der Waals surface area contributed by atoms with Crippen LogP contribution >= 0.6 is 23.1 Å². The Morgan fingerprint density at radius 2 is 2.19 bits per heavy atom. The van der Waals surface area contributed by atoms with Gasteiger partial charge in [-0.2, -0.15) is 0 Å². The Morgan fingerprint density at radius 3 is 2.77 bits per heavy atom. The fraction of sp³-hybridized carbons (Fsp3) is 0.438. The van der Waals surface area contributed by atoms with E-state index in [4.69, 9.17) is 0 Å². The topological polar surface area (TPSA) is 91.8 Å². The van der Waals surface area contributed by atoms with Gasteiger partial charge in [0.1, 0.15) is 6.54 Å². The van der Waals surface area contributed by atoms with Gasteiger partial charge in [-0.05, 0) is 42.6 Å². The first kappa shape index (κ1) is 19.1. The van der Waals surface area contributed by atoms with E-state index in [9.17, 15) is 22.8 Å². The van der Waals surface area contributed by atoms with Crippen LogP contribution < -0.4 is 0 Å². The lowest BCUT2D eigenvalue weighted by molar-refractivity contribution is -0.137. The van der Waals surface area contributed by atoms with Gasteiger partial charge < -0.3 is 4.90 Å². The van der Waals surface area contributed by atoms with Crippen molar-refractivity contribution in [3.05, 3.63) is 27.3 Å². The highest BCUT2D eigenvalue weighted by Crippen LogP contribution is 2.33. The standard InChI is InChI=1S/C16H18N2O5S3/c1-2-17(11-5-7-26(22,23)10-11)14(19)9-18-15(20)13(25-16(18)21)8-12-4-3-6-24-12/h3-4,6,8,11H,2,5,7,9-10H2,1H3/b13-8+/t11-/m1/s1. The Labute approximate surface area is 160 Å².